The summed E-state index contributed by atoms with van der Waals surface area (Å²) in [4.78, 5) is 29.7. The van der Waals surface area contributed by atoms with Crippen LogP contribution >= 0.6 is 0 Å². The summed E-state index contributed by atoms with van der Waals surface area (Å²) in [6.45, 7) is 2.64. The van der Waals surface area contributed by atoms with Crippen molar-refractivity contribution in [3.8, 4) is 11.4 Å². The standard InChI is InChI=1S/C30H29N5O/c1-3-22-18-19-26(32-27(22)30(36)35(2)20-21-12-6-4-7-13-21)33-29-24-16-10-11-17-25(24)31-28(34-29)23-14-8-5-9-15-23/h4-17H,3,18-20H2,1-2H3,(H,31,32,33,34). The minimum Gasteiger partial charge on any atom is -0.339 e. The van der Waals surface area contributed by atoms with Gasteiger partial charge in [0.1, 0.15) is 11.5 Å². The van der Waals surface area contributed by atoms with Gasteiger partial charge in [0.15, 0.2) is 11.6 Å². The maximum atomic E-state index is 13.4. The Bertz CT molecular complexity index is 1440. The fraction of sp³-hybridized carbons (Fsp3) is 0.200. The average molecular weight is 476 g/mol. The van der Waals surface area contributed by atoms with E-state index in [9.17, 15) is 4.79 Å². The molecule has 6 nitrogen and oxygen atoms in total. The predicted octanol–water partition coefficient (Wildman–Crippen LogP) is 6.03. The molecular weight excluding hydrogens is 446 g/mol. The predicted molar refractivity (Wildman–Crippen MR) is 145 cm³/mol. The number of likely N-dealkylation sites (N-methyl/N-ethyl adjacent to an activating group) is 1. The lowest BCUT2D eigenvalue weighted by molar-refractivity contribution is -0.126. The highest BCUT2D eigenvalue weighted by Gasteiger charge is 2.24. The second kappa shape index (κ2) is 10.5. The molecule has 0 saturated carbocycles. The number of amides is 1. The van der Waals surface area contributed by atoms with Crippen LogP contribution in [0.25, 0.3) is 22.3 Å². The lowest BCUT2D eigenvalue weighted by Crippen LogP contribution is -2.39. The zero-order valence-electron chi connectivity index (χ0n) is 20.6. The van der Waals surface area contributed by atoms with E-state index in [-0.39, 0.29) is 5.91 Å². The van der Waals surface area contributed by atoms with E-state index in [0.29, 0.717) is 23.9 Å². The lowest BCUT2D eigenvalue weighted by Gasteiger charge is -2.26. The van der Waals surface area contributed by atoms with E-state index in [0.717, 1.165) is 52.7 Å². The molecule has 2 heterocycles. The van der Waals surface area contributed by atoms with Crippen molar-refractivity contribution in [3.63, 3.8) is 0 Å². The summed E-state index contributed by atoms with van der Waals surface area (Å²) in [6, 6.07) is 27.8. The number of amidine groups is 1. The van der Waals surface area contributed by atoms with Gasteiger partial charge in [-0.3, -0.25) is 4.79 Å². The van der Waals surface area contributed by atoms with Gasteiger partial charge < -0.3 is 10.2 Å². The maximum Gasteiger partial charge on any atom is 0.270 e. The summed E-state index contributed by atoms with van der Waals surface area (Å²) in [7, 11) is 1.84. The highest BCUT2D eigenvalue weighted by Crippen LogP contribution is 2.28. The van der Waals surface area contributed by atoms with E-state index in [4.69, 9.17) is 15.0 Å². The first-order chi connectivity index (χ1) is 17.6. The van der Waals surface area contributed by atoms with E-state index in [1.165, 1.54) is 0 Å². The quantitative estimate of drug-likeness (QED) is 0.369. The first kappa shape index (κ1) is 23.4. The number of carbonyl (C=O) groups is 1. The van der Waals surface area contributed by atoms with E-state index >= 15 is 0 Å². The van der Waals surface area contributed by atoms with Crippen molar-refractivity contribution in [2.45, 2.75) is 32.7 Å². The molecule has 1 amide bonds. The zero-order chi connectivity index (χ0) is 24.9. The van der Waals surface area contributed by atoms with Crippen LogP contribution < -0.4 is 5.32 Å². The van der Waals surface area contributed by atoms with Gasteiger partial charge in [-0.2, -0.15) is 0 Å². The first-order valence-electron chi connectivity index (χ1n) is 12.3. The van der Waals surface area contributed by atoms with E-state index in [1.807, 2.05) is 92.0 Å². The lowest BCUT2D eigenvalue weighted by atomic mass is 9.99. The van der Waals surface area contributed by atoms with Crippen LogP contribution in [0.4, 0.5) is 5.82 Å². The molecule has 0 atom stereocenters. The van der Waals surface area contributed by atoms with Crippen LogP contribution in [0.2, 0.25) is 0 Å². The Kier molecular flexibility index (Phi) is 6.85. The van der Waals surface area contributed by atoms with E-state index in [2.05, 4.69) is 12.2 Å². The number of hydrogen-bond acceptors (Lipinski definition) is 4. The van der Waals surface area contributed by atoms with Crippen molar-refractivity contribution < 1.29 is 4.79 Å². The maximum absolute atomic E-state index is 13.4. The van der Waals surface area contributed by atoms with Gasteiger partial charge in [0, 0.05) is 31.0 Å². The highest BCUT2D eigenvalue weighted by atomic mass is 16.2. The largest absolute Gasteiger partial charge is 0.339 e. The van der Waals surface area contributed by atoms with Gasteiger partial charge in [0.25, 0.3) is 5.91 Å². The number of aromatic nitrogens is 2. The van der Waals surface area contributed by atoms with Gasteiger partial charge in [-0.05, 0) is 36.1 Å². The molecule has 6 heteroatoms. The third-order valence-corrected chi connectivity index (χ3v) is 6.39. The molecule has 0 saturated heterocycles. The fourth-order valence-electron chi connectivity index (χ4n) is 4.44. The molecular formula is C30H29N5O. The Hall–Kier alpha value is -4.32. The van der Waals surface area contributed by atoms with Crippen LogP contribution in [0.3, 0.4) is 0 Å². The normalized spacial score (nSPS) is 14.7. The number of carbonyl (C=O) groups excluding carboxylic acids is 1. The topological polar surface area (TPSA) is 70.5 Å². The van der Waals surface area contributed by atoms with Crippen LogP contribution in [0.15, 0.2) is 101 Å². The highest BCUT2D eigenvalue weighted by molar-refractivity contribution is 6.02. The number of fused-ring (bicyclic) bond motifs is 1. The Labute approximate surface area is 211 Å². The Morgan fingerprint density at radius 3 is 2.36 bits per heavy atom. The van der Waals surface area contributed by atoms with Crippen molar-refractivity contribution in [1.82, 2.24) is 20.2 Å². The van der Waals surface area contributed by atoms with Crippen LogP contribution in [-0.2, 0) is 11.3 Å². The molecule has 1 aromatic heterocycles. The molecule has 5 rings (SSSR count). The Morgan fingerprint density at radius 2 is 1.61 bits per heavy atom. The molecule has 0 aliphatic carbocycles. The van der Waals surface area contributed by atoms with Crippen LogP contribution in [0.1, 0.15) is 31.7 Å². The second-order valence-corrected chi connectivity index (χ2v) is 8.92. The molecule has 3 aromatic carbocycles. The third kappa shape index (κ3) is 5.03. The van der Waals surface area contributed by atoms with Crippen molar-refractivity contribution in [2.75, 3.05) is 7.05 Å². The summed E-state index contributed by atoms with van der Waals surface area (Å²) in [5, 5.41) is 4.25. The Balaban J connectivity index is 1.47. The summed E-state index contributed by atoms with van der Waals surface area (Å²) < 4.78 is 0. The minimum atomic E-state index is -0.0272. The molecule has 0 spiro atoms. The number of benzene rings is 3. The molecule has 1 N–H and O–H groups in total. The smallest absolute Gasteiger partial charge is 0.270 e. The summed E-state index contributed by atoms with van der Waals surface area (Å²) in [6.07, 6.45) is 2.33. The van der Waals surface area contributed by atoms with Gasteiger partial charge in [-0.25, -0.2) is 15.0 Å². The fourth-order valence-corrected chi connectivity index (χ4v) is 4.44. The molecule has 36 heavy (non-hydrogen) atoms. The number of nitrogens with zero attached hydrogens (tertiary/aromatic N) is 4. The van der Waals surface area contributed by atoms with Gasteiger partial charge in [-0.1, -0.05) is 79.7 Å². The number of aliphatic imine (C=N–C) groups is 1. The molecule has 0 unspecified atom stereocenters. The van der Waals surface area contributed by atoms with Crippen LogP contribution in [-0.4, -0.2) is 33.7 Å². The van der Waals surface area contributed by atoms with Crippen molar-refractivity contribution >= 4 is 28.5 Å². The van der Waals surface area contributed by atoms with Crippen molar-refractivity contribution in [3.05, 3.63) is 102 Å². The summed E-state index contributed by atoms with van der Waals surface area (Å²) >= 11 is 0. The number of nitrogens with one attached hydrogen (secondary N) is 1. The number of para-hydroxylation sites is 1. The Morgan fingerprint density at radius 1 is 0.917 bits per heavy atom. The monoisotopic (exact) mass is 475 g/mol. The summed E-state index contributed by atoms with van der Waals surface area (Å²) in [5.74, 6) is 1.95. The summed E-state index contributed by atoms with van der Waals surface area (Å²) in [5.41, 5.74) is 4.62. The van der Waals surface area contributed by atoms with E-state index < -0.39 is 0 Å². The molecule has 0 bridgehead atoms. The zero-order valence-corrected chi connectivity index (χ0v) is 20.6. The van der Waals surface area contributed by atoms with Crippen LogP contribution in [0, 0.1) is 0 Å². The third-order valence-electron chi connectivity index (χ3n) is 6.39. The molecule has 1 aliphatic heterocycles. The van der Waals surface area contributed by atoms with Gasteiger partial charge >= 0.3 is 0 Å². The van der Waals surface area contributed by atoms with Gasteiger partial charge in [0.05, 0.1) is 5.52 Å². The number of rotatable bonds is 6. The average Bonchev–Trinajstić information content (AvgIpc) is 2.93. The second-order valence-electron chi connectivity index (χ2n) is 8.92. The first-order valence-corrected chi connectivity index (χ1v) is 12.3. The number of hydrogen-bond donors (Lipinski definition) is 1. The minimum absolute atomic E-state index is 0.0272. The van der Waals surface area contributed by atoms with Crippen LogP contribution in [0.5, 0.6) is 0 Å². The SMILES string of the molecule is CCC1=C(C(=O)N(C)Cc2ccccc2)NC(=Nc2nc(-c3ccccc3)nc3ccccc23)CC1. The molecule has 1 aliphatic rings. The number of allylic oxidation sites excluding steroid dienone is 1. The van der Waals surface area contributed by atoms with Crippen molar-refractivity contribution in [1.29, 1.82) is 0 Å². The van der Waals surface area contributed by atoms with Gasteiger partial charge in [0.2, 0.25) is 0 Å². The molecule has 4 aromatic rings. The van der Waals surface area contributed by atoms with E-state index in [1.54, 1.807) is 4.90 Å². The van der Waals surface area contributed by atoms with Crippen molar-refractivity contribution in [2.24, 2.45) is 4.99 Å². The molecule has 0 radical (unpaired) electrons. The molecule has 0 fully saturated rings. The van der Waals surface area contributed by atoms with Gasteiger partial charge in [-0.15, -0.1) is 0 Å². The molecule has 180 valence electrons.